The van der Waals surface area contributed by atoms with Crippen molar-refractivity contribution in [1.82, 2.24) is 0 Å². The SMILES string of the molecule is CCCCCOc1ccc(N2CCCC(N)C2)cc1. The Labute approximate surface area is 116 Å². The number of ether oxygens (including phenoxy) is 1. The van der Waals surface area contributed by atoms with Gasteiger partial charge < -0.3 is 15.4 Å². The lowest BCUT2D eigenvalue weighted by atomic mass is 10.1. The van der Waals surface area contributed by atoms with Crippen molar-refractivity contribution in [2.75, 3.05) is 24.6 Å². The summed E-state index contributed by atoms with van der Waals surface area (Å²) < 4.78 is 5.73. The average molecular weight is 262 g/mol. The standard InChI is InChI=1S/C16H26N2O/c1-2-3-4-12-19-16-9-7-15(8-10-16)18-11-5-6-14(17)13-18/h7-10,14H,2-6,11-13,17H2,1H3. The molecule has 1 atom stereocenters. The van der Waals surface area contributed by atoms with Crippen molar-refractivity contribution in [1.29, 1.82) is 0 Å². The van der Waals surface area contributed by atoms with E-state index in [0.717, 1.165) is 38.3 Å². The molecular weight excluding hydrogens is 236 g/mol. The van der Waals surface area contributed by atoms with Crippen molar-refractivity contribution in [2.24, 2.45) is 5.73 Å². The van der Waals surface area contributed by atoms with E-state index in [1.807, 2.05) is 0 Å². The molecular formula is C16H26N2O. The van der Waals surface area contributed by atoms with Crippen LogP contribution in [0, 0.1) is 0 Å². The summed E-state index contributed by atoms with van der Waals surface area (Å²) in [7, 11) is 0. The van der Waals surface area contributed by atoms with Gasteiger partial charge in [-0.1, -0.05) is 19.8 Å². The third-order valence-corrected chi connectivity index (χ3v) is 3.68. The van der Waals surface area contributed by atoms with Gasteiger partial charge in [-0.25, -0.2) is 0 Å². The molecule has 0 aliphatic carbocycles. The van der Waals surface area contributed by atoms with Crippen LogP contribution >= 0.6 is 0 Å². The zero-order chi connectivity index (χ0) is 13.5. The smallest absolute Gasteiger partial charge is 0.119 e. The molecule has 1 heterocycles. The number of unbranched alkanes of at least 4 members (excludes halogenated alkanes) is 2. The number of benzene rings is 1. The van der Waals surface area contributed by atoms with E-state index in [0.29, 0.717) is 6.04 Å². The van der Waals surface area contributed by atoms with Crippen LogP contribution < -0.4 is 15.4 Å². The number of nitrogens with zero attached hydrogens (tertiary/aromatic N) is 1. The molecule has 2 rings (SSSR count). The average Bonchev–Trinajstić information content (AvgIpc) is 2.44. The van der Waals surface area contributed by atoms with Gasteiger partial charge in [-0.2, -0.15) is 0 Å². The van der Waals surface area contributed by atoms with E-state index in [2.05, 4.69) is 36.1 Å². The van der Waals surface area contributed by atoms with Crippen molar-refractivity contribution in [3.63, 3.8) is 0 Å². The molecule has 2 N–H and O–H groups in total. The fraction of sp³-hybridized carbons (Fsp3) is 0.625. The van der Waals surface area contributed by atoms with E-state index in [-0.39, 0.29) is 0 Å². The van der Waals surface area contributed by atoms with E-state index in [1.54, 1.807) is 0 Å². The molecule has 0 saturated carbocycles. The van der Waals surface area contributed by atoms with Crippen LogP contribution in [0.5, 0.6) is 5.75 Å². The van der Waals surface area contributed by atoms with Gasteiger partial charge in [-0.15, -0.1) is 0 Å². The van der Waals surface area contributed by atoms with E-state index in [4.69, 9.17) is 10.5 Å². The van der Waals surface area contributed by atoms with Crippen LogP contribution in [0.4, 0.5) is 5.69 Å². The van der Waals surface area contributed by atoms with Gasteiger partial charge in [0.05, 0.1) is 6.61 Å². The molecule has 1 aliphatic rings. The fourth-order valence-electron chi connectivity index (χ4n) is 2.54. The number of nitrogens with two attached hydrogens (primary N) is 1. The van der Waals surface area contributed by atoms with Crippen molar-refractivity contribution in [2.45, 2.75) is 45.1 Å². The molecule has 1 fully saturated rings. The lowest BCUT2D eigenvalue weighted by Crippen LogP contribution is -2.42. The van der Waals surface area contributed by atoms with Crippen LogP contribution in [-0.4, -0.2) is 25.7 Å². The number of hydrogen-bond acceptors (Lipinski definition) is 3. The van der Waals surface area contributed by atoms with Gasteiger partial charge in [0, 0.05) is 24.8 Å². The molecule has 106 valence electrons. The molecule has 1 aromatic rings. The predicted molar refractivity (Wildman–Crippen MR) is 80.9 cm³/mol. The topological polar surface area (TPSA) is 38.5 Å². The maximum atomic E-state index is 6.02. The van der Waals surface area contributed by atoms with Gasteiger partial charge in [0.1, 0.15) is 5.75 Å². The van der Waals surface area contributed by atoms with Crippen LogP contribution in [0.1, 0.15) is 39.0 Å². The van der Waals surface area contributed by atoms with E-state index >= 15 is 0 Å². The third kappa shape index (κ3) is 4.43. The van der Waals surface area contributed by atoms with Crippen molar-refractivity contribution >= 4 is 5.69 Å². The van der Waals surface area contributed by atoms with Crippen molar-refractivity contribution in [3.8, 4) is 5.75 Å². The monoisotopic (exact) mass is 262 g/mol. The maximum Gasteiger partial charge on any atom is 0.119 e. The normalized spacial score (nSPS) is 19.5. The van der Waals surface area contributed by atoms with Gasteiger partial charge >= 0.3 is 0 Å². The van der Waals surface area contributed by atoms with Gasteiger partial charge in [0.15, 0.2) is 0 Å². The Kier molecular flexibility index (Phi) is 5.52. The summed E-state index contributed by atoms with van der Waals surface area (Å²) in [5.41, 5.74) is 7.28. The largest absolute Gasteiger partial charge is 0.494 e. The highest BCUT2D eigenvalue weighted by Crippen LogP contribution is 2.22. The molecule has 3 heteroatoms. The molecule has 0 amide bonds. The highest BCUT2D eigenvalue weighted by molar-refractivity contribution is 5.49. The second-order valence-corrected chi connectivity index (χ2v) is 5.40. The highest BCUT2D eigenvalue weighted by Gasteiger charge is 2.16. The summed E-state index contributed by atoms with van der Waals surface area (Å²) in [6.45, 7) is 5.11. The third-order valence-electron chi connectivity index (χ3n) is 3.68. The zero-order valence-electron chi connectivity index (χ0n) is 12.0. The van der Waals surface area contributed by atoms with E-state index < -0.39 is 0 Å². The Balaban J connectivity index is 1.83. The molecule has 0 aromatic heterocycles. The first-order valence-electron chi connectivity index (χ1n) is 7.53. The molecule has 3 nitrogen and oxygen atoms in total. The van der Waals surface area contributed by atoms with Crippen LogP contribution in [0.2, 0.25) is 0 Å². The van der Waals surface area contributed by atoms with Crippen LogP contribution in [0.3, 0.4) is 0 Å². The summed E-state index contributed by atoms with van der Waals surface area (Å²) in [5, 5.41) is 0. The van der Waals surface area contributed by atoms with Gasteiger partial charge in [-0.3, -0.25) is 0 Å². The number of rotatable bonds is 6. The number of anilines is 1. The number of piperidine rings is 1. The Morgan fingerprint density at radius 1 is 1.26 bits per heavy atom. The second kappa shape index (κ2) is 7.39. The summed E-state index contributed by atoms with van der Waals surface area (Å²) in [6, 6.07) is 8.75. The van der Waals surface area contributed by atoms with Gasteiger partial charge in [0.2, 0.25) is 0 Å². The fourth-order valence-corrected chi connectivity index (χ4v) is 2.54. The minimum atomic E-state index is 0.318. The zero-order valence-corrected chi connectivity index (χ0v) is 12.0. The van der Waals surface area contributed by atoms with E-state index in [1.165, 1.54) is 24.9 Å². The predicted octanol–water partition coefficient (Wildman–Crippen LogP) is 3.18. The minimum absolute atomic E-state index is 0.318. The first kappa shape index (κ1) is 14.2. The molecule has 1 unspecified atom stereocenters. The Morgan fingerprint density at radius 2 is 2.05 bits per heavy atom. The van der Waals surface area contributed by atoms with Crippen LogP contribution in [0.25, 0.3) is 0 Å². The Hall–Kier alpha value is -1.22. The van der Waals surface area contributed by atoms with Gasteiger partial charge in [0.25, 0.3) is 0 Å². The lowest BCUT2D eigenvalue weighted by Gasteiger charge is -2.32. The minimum Gasteiger partial charge on any atom is -0.494 e. The summed E-state index contributed by atoms with van der Waals surface area (Å²) in [6.07, 6.45) is 5.95. The Morgan fingerprint density at radius 3 is 2.74 bits per heavy atom. The van der Waals surface area contributed by atoms with Gasteiger partial charge in [-0.05, 0) is 43.5 Å². The van der Waals surface area contributed by atoms with Crippen molar-refractivity contribution in [3.05, 3.63) is 24.3 Å². The maximum absolute atomic E-state index is 6.02. The summed E-state index contributed by atoms with van der Waals surface area (Å²) >= 11 is 0. The molecule has 19 heavy (non-hydrogen) atoms. The number of hydrogen-bond donors (Lipinski definition) is 1. The van der Waals surface area contributed by atoms with E-state index in [9.17, 15) is 0 Å². The summed E-state index contributed by atoms with van der Waals surface area (Å²) in [5.74, 6) is 0.973. The lowest BCUT2D eigenvalue weighted by molar-refractivity contribution is 0.306. The van der Waals surface area contributed by atoms with Crippen molar-refractivity contribution < 1.29 is 4.74 Å². The second-order valence-electron chi connectivity index (χ2n) is 5.40. The molecule has 1 saturated heterocycles. The molecule has 0 radical (unpaired) electrons. The quantitative estimate of drug-likeness (QED) is 0.800. The van der Waals surface area contributed by atoms with Crippen LogP contribution in [-0.2, 0) is 0 Å². The molecule has 1 aromatic carbocycles. The highest BCUT2D eigenvalue weighted by atomic mass is 16.5. The Bertz CT molecular complexity index is 364. The molecule has 1 aliphatic heterocycles. The first-order chi connectivity index (χ1) is 9.29. The molecule has 0 spiro atoms. The molecule has 0 bridgehead atoms. The summed E-state index contributed by atoms with van der Waals surface area (Å²) in [4.78, 5) is 2.37. The van der Waals surface area contributed by atoms with Crippen LogP contribution in [0.15, 0.2) is 24.3 Å². The first-order valence-corrected chi connectivity index (χ1v) is 7.53.